The number of anilines is 1. The van der Waals surface area contributed by atoms with Crippen molar-refractivity contribution in [1.29, 1.82) is 0 Å². The van der Waals surface area contributed by atoms with Gasteiger partial charge in [0.1, 0.15) is 29.9 Å². The van der Waals surface area contributed by atoms with Crippen LogP contribution in [0.25, 0.3) is 32.8 Å². The molecule has 220 valence electrons. The Balaban J connectivity index is 1.27. The van der Waals surface area contributed by atoms with Gasteiger partial charge in [0.15, 0.2) is 5.82 Å². The van der Waals surface area contributed by atoms with E-state index in [1.807, 2.05) is 18.2 Å². The molecule has 0 saturated carbocycles. The van der Waals surface area contributed by atoms with Crippen LogP contribution < -0.4 is 9.64 Å². The summed E-state index contributed by atoms with van der Waals surface area (Å²) in [6.45, 7) is 2.81. The molecule has 4 aromatic rings. The molecule has 5 heterocycles. The number of hydrogen-bond donors (Lipinski definition) is 1. The molecule has 3 aromatic carbocycles. The lowest BCUT2D eigenvalue weighted by Crippen LogP contribution is -2.44. The van der Waals surface area contributed by atoms with E-state index in [4.69, 9.17) is 20.9 Å². The molecule has 0 spiro atoms. The van der Waals surface area contributed by atoms with E-state index in [9.17, 15) is 9.50 Å². The Morgan fingerprint density at radius 2 is 1.93 bits per heavy atom. The fourth-order valence-electron chi connectivity index (χ4n) is 7.82. The number of rotatable bonds is 5. The maximum Gasteiger partial charge on any atom is 0.319 e. The van der Waals surface area contributed by atoms with Crippen LogP contribution in [0.15, 0.2) is 42.5 Å². The summed E-state index contributed by atoms with van der Waals surface area (Å²) in [6.07, 6.45) is 9.37. The molecule has 4 aliphatic rings. The molecular formula is C34H32F2N4O3. The van der Waals surface area contributed by atoms with Crippen LogP contribution in [0, 0.1) is 18.2 Å². The summed E-state index contributed by atoms with van der Waals surface area (Å²) in [4.78, 5) is 13.8. The largest absolute Gasteiger partial charge is 0.508 e. The van der Waals surface area contributed by atoms with Gasteiger partial charge in [-0.3, -0.25) is 4.90 Å². The van der Waals surface area contributed by atoms with Crippen molar-refractivity contribution in [2.24, 2.45) is 0 Å². The highest BCUT2D eigenvalue weighted by atomic mass is 19.1. The van der Waals surface area contributed by atoms with Crippen molar-refractivity contribution in [2.45, 2.75) is 56.0 Å². The minimum atomic E-state index is -0.883. The van der Waals surface area contributed by atoms with Crippen LogP contribution in [0.4, 0.5) is 14.6 Å². The number of phenols is 1. The third kappa shape index (κ3) is 4.38. The molecule has 7 nitrogen and oxygen atoms in total. The molecule has 9 heteroatoms. The molecule has 1 N–H and O–H groups in total. The fraction of sp³-hybridized carbons (Fsp3) is 0.412. The lowest BCUT2D eigenvalue weighted by molar-refractivity contribution is 0.0302. The molecule has 43 heavy (non-hydrogen) atoms. The molecule has 0 unspecified atom stereocenters. The van der Waals surface area contributed by atoms with Gasteiger partial charge in [-0.15, -0.1) is 6.42 Å². The van der Waals surface area contributed by atoms with E-state index in [-0.39, 0.29) is 47.2 Å². The van der Waals surface area contributed by atoms with E-state index in [1.54, 1.807) is 18.2 Å². The van der Waals surface area contributed by atoms with Gasteiger partial charge in [0.05, 0.1) is 17.7 Å². The van der Waals surface area contributed by atoms with E-state index in [0.29, 0.717) is 59.2 Å². The van der Waals surface area contributed by atoms with Gasteiger partial charge in [-0.2, -0.15) is 9.97 Å². The second-order valence-electron chi connectivity index (χ2n) is 12.4. The third-order valence-electron chi connectivity index (χ3n) is 9.75. The number of aromatic nitrogens is 2. The molecular weight excluding hydrogens is 550 g/mol. The first-order valence-electron chi connectivity index (χ1n) is 15.1. The fourth-order valence-corrected chi connectivity index (χ4v) is 7.82. The SMILES string of the molecule is C#Cc1cccc2cc(O)cc(-c3ccc4c(N5C[C@H]6CC[C@@H](C5)O6)nc(OC[C@@]56CCCN5C[C@H](F)C6)nc4c3F)c12. The molecule has 8 rings (SSSR count). The van der Waals surface area contributed by atoms with Crippen molar-refractivity contribution in [3.63, 3.8) is 0 Å². The molecule has 2 bridgehead atoms. The van der Waals surface area contributed by atoms with E-state index >= 15 is 4.39 Å². The van der Waals surface area contributed by atoms with Crippen molar-refractivity contribution in [2.75, 3.05) is 37.7 Å². The monoisotopic (exact) mass is 582 g/mol. The maximum atomic E-state index is 16.8. The zero-order chi connectivity index (χ0) is 29.3. The first-order chi connectivity index (χ1) is 20.9. The maximum absolute atomic E-state index is 16.8. The Hall–Kier alpha value is -4.00. The number of halogens is 2. The number of fused-ring (bicyclic) bond motifs is 5. The molecule has 4 saturated heterocycles. The number of morpholine rings is 1. The number of terminal acetylenes is 1. The summed E-state index contributed by atoms with van der Waals surface area (Å²) in [7, 11) is 0. The molecule has 4 fully saturated rings. The van der Waals surface area contributed by atoms with E-state index in [1.165, 1.54) is 6.07 Å². The second kappa shape index (κ2) is 10.0. The van der Waals surface area contributed by atoms with Crippen LogP contribution in [-0.2, 0) is 4.74 Å². The van der Waals surface area contributed by atoms with Gasteiger partial charge in [0.25, 0.3) is 0 Å². The Morgan fingerprint density at radius 3 is 2.74 bits per heavy atom. The average molecular weight is 583 g/mol. The average Bonchev–Trinajstić information content (AvgIpc) is 3.65. The molecule has 1 aromatic heterocycles. The van der Waals surface area contributed by atoms with Gasteiger partial charge >= 0.3 is 6.01 Å². The van der Waals surface area contributed by atoms with Gasteiger partial charge in [-0.25, -0.2) is 8.78 Å². The normalized spacial score (nSPS) is 26.7. The lowest BCUT2D eigenvalue weighted by Gasteiger charge is -2.34. The van der Waals surface area contributed by atoms with Crippen LogP contribution in [-0.4, -0.2) is 76.7 Å². The zero-order valence-corrected chi connectivity index (χ0v) is 23.7. The van der Waals surface area contributed by atoms with E-state index in [2.05, 4.69) is 20.7 Å². The first kappa shape index (κ1) is 26.6. The second-order valence-corrected chi connectivity index (χ2v) is 12.4. The van der Waals surface area contributed by atoms with E-state index < -0.39 is 12.0 Å². The van der Waals surface area contributed by atoms with Gasteiger partial charge in [-0.1, -0.05) is 24.1 Å². The minimum absolute atomic E-state index is 0.00969. The van der Waals surface area contributed by atoms with Gasteiger partial charge in [0.2, 0.25) is 0 Å². The van der Waals surface area contributed by atoms with Crippen molar-refractivity contribution >= 4 is 27.5 Å². The Morgan fingerprint density at radius 1 is 1.09 bits per heavy atom. The van der Waals surface area contributed by atoms with Crippen molar-refractivity contribution in [1.82, 2.24) is 14.9 Å². The lowest BCUT2D eigenvalue weighted by atomic mass is 9.93. The number of alkyl halides is 1. The molecule has 4 aliphatic heterocycles. The van der Waals surface area contributed by atoms with Crippen LogP contribution in [0.2, 0.25) is 0 Å². The Labute approximate surface area is 248 Å². The third-order valence-corrected chi connectivity index (χ3v) is 9.75. The highest BCUT2D eigenvalue weighted by molar-refractivity contribution is 6.04. The van der Waals surface area contributed by atoms with Gasteiger partial charge in [0, 0.05) is 48.0 Å². The number of ether oxygens (including phenoxy) is 2. The topological polar surface area (TPSA) is 71.0 Å². The number of nitrogens with zero attached hydrogens (tertiary/aromatic N) is 4. The highest BCUT2D eigenvalue weighted by Gasteiger charge is 2.49. The quantitative estimate of drug-likeness (QED) is 0.307. The van der Waals surface area contributed by atoms with Crippen LogP contribution in [0.5, 0.6) is 11.8 Å². The Kier molecular flexibility index (Phi) is 6.21. The number of aromatic hydroxyl groups is 1. The summed E-state index contributed by atoms with van der Waals surface area (Å²) in [5, 5.41) is 12.5. The van der Waals surface area contributed by atoms with Crippen molar-refractivity contribution < 1.29 is 23.4 Å². The summed E-state index contributed by atoms with van der Waals surface area (Å²) >= 11 is 0. The number of hydrogen-bond acceptors (Lipinski definition) is 7. The van der Waals surface area contributed by atoms with Crippen molar-refractivity contribution in [3.8, 4) is 35.2 Å². The molecule has 0 radical (unpaired) electrons. The van der Waals surface area contributed by atoms with Gasteiger partial charge < -0.3 is 19.5 Å². The number of benzene rings is 3. The van der Waals surface area contributed by atoms with Crippen LogP contribution in [0.1, 0.15) is 37.7 Å². The summed E-state index contributed by atoms with van der Waals surface area (Å²) in [5.41, 5.74) is 1.09. The van der Waals surface area contributed by atoms with Crippen LogP contribution >= 0.6 is 0 Å². The number of phenolic OH excluding ortho intramolecular Hbond substituents is 1. The van der Waals surface area contributed by atoms with E-state index in [0.717, 1.165) is 32.2 Å². The standard InChI is InChI=1S/C34H32F2N4O3/c1-2-20-5-3-6-21-13-23(41)14-28(29(20)21)26-9-10-27-31(30(26)36)37-33(38-32(27)39-17-24-7-8-25(18-39)43-24)42-19-34-11-4-12-40(34)16-22(35)15-34/h1,3,5-6,9-10,13-14,22,24-25,41H,4,7-8,11-12,15-19H2/t22-,24-,25+,34+/m1/s1. The van der Waals surface area contributed by atoms with Crippen molar-refractivity contribution in [3.05, 3.63) is 53.8 Å². The highest BCUT2D eigenvalue weighted by Crippen LogP contribution is 2.42. The van der Waals surface area contributed by atoms with Crippen LogP contribution in [0.3, 0.4) is 0 Å². The molecule has 0 amide bonds. The molecule has 0 aliphatic carbocycles. The Bertz CT molecular complexity index is 1800. The smallest absolute Gasteiger partial charge is 0.319 e. The van der Waals surface area contributed by atoms with Gasteiger partial charge in [-0.05, 0) is 67.4 Å². The minimum Gasteiger partial charge on any atom is -0.508 e. The predicted octanol–water partition coefficient (Wildman–Crippen LogP) is 5.60. The summed E-state index contributed by atoms with van der Waals surface area (Å²) in [5.74, 6) is 2.76. The summed E-state index contributed by atoms with van der Waals surface area (Å²) < 4.78 is 43.5. The predicted molar refractivity (Wildman–Crippen MR) is 161 cm³/mol. The molecule has 4 atom stereocenters. The summed E-state index contributed by atoms with van der Waals surface area (Å²) in [6, 6.07) is 12.2. The zero-order valence-electron chi connectivity index (χ0n) is 23.7. The first-order valence-corrected chi connectivity index (χ1v) is 15.1.